The van der Waals surface area contributed by atoms with Gasteiger partial charge in [0.05, 0.1) is 11.2 Å². The van der Waals surface area contributed by atoms with Crippen LogP contribution >= 0.6 is 0 Å². The van der Waals surface area contributed by atoms with Gasteiger partial charge in [-0.15, -0.1) is 0 Å². The molecule has 1 rings (SSSR count). The van der Waals surface area contributed by atoms with Gasteiger partial charge in [-0.1, -0.05) is 30.3 Å². The molecule has 0 aliphatic heterocycles. The van der Waals surface area contributed by atoms with Crippen LogP contribution in [0, 0.1) is 0 Å². The fourth-order valence-corrected chi connectivity index (χ4v) is 2.41. The molecule has 5 heteroatoms. The molecule has 0 saturated heterocycles. The number of benzene rings is 1. The van der Waals surface area contributed by atoms with Crippen molar-refractivity contribution in [3.8, 4) is 0 Å². The summed E-state index contributed by atoms with van der Waals surface area (Å²) in [5.74, 6) is 0.00572. The molecule has 0 unspecified atom stereocenters. The van der Waals surface area contributed by atoms with Crippen molar-refractivity contribution in [2.75, 3.05) is 18.6 Å². The molecule has 0 heterocycles. The average Bonchev–Trinajstić information content (AvgIpc) is 2.34. The van der Waals surface area contributed by atoms with Crippen LogP contribution in [0.25, 0.3) is 0 Å². The third-order valence-electron chi connectivity index (χ3n) is 3.04. The lowest BCUT2D eigenvalue weighted by Crippen LogP contribution is -2.40. The molecule has 106 valence electrons. The van der Waals surface area contributed by atoms with Gasteiger partial charge in [-0.05, 0) is 25.8 Å². The Morgan fingerprint density at radius 1 is 1.21 bits per heavy atom. The van der Waals surface area contributed by atoms with Crippen molar-refractivity contribution in [2.24, 2.45) is 0 Å². The molecule has 0 saturated carbocycles. The lowest BCUT2D eigenvalue weighted by Gasteiger charge is -2.24. The van der Waals surface area contributed by atoms with Gasteiger partial charge < -0.3 is 5.32 Å². The number of amides is 1. The van der Waals surface area contributed by atoms with Crippen molar-refractivity contribution < 1.29 is 13.2 Å². The van der Waals surface area contributed by atoms with Gasteiger partial charge in [0.25, 0.3) is 0 Å². The third kappa shape index (κ3) is 5.03. The van der Waals surface area contributed by atoms with Crippen molar-refractivity contribution in [3.05, 3.63) is 35.9 Å². The number of carbonyl (C=O) groups is 1. The summed E-state index contributed by atoms with van der Waals surface area (Å²) in [5.41, 5.74) is 0.322. The van der Waals surface area contributed by atoms with E-state index in [-0.39, 0.29) is 11.7 Å². The van der Waals surface area contributed by atoms with E-state index in [4.69, 9.17) is 0 Å². The summed E-state index contributed by atoms with van der Waals surface area (Å²) in [5, 5.41) is 2.79. The highest BCUT2D eigenvalue weighted by atomic mass is 32.2. The molecule has 0 bridgehead atoms. The van der Waals surface area contributed by atoms with Crippen LogP contribution in [-0.4, -0.2) is 32.9 Å². The fourth-order valence-electron chi connectivity index (χ4n) is 1.74. The number of rotatable bonds is 6. The first kappa shape index (κ1) is 15.7. The summed E-state index contributed by atoms with van der Waals surface area (Å²) in [4.78, 5) is 12.1. The highest BCUT2D eigenvalue weighted by Crippen LogP contribution is 2.22. The third-order valence-corrected chi connectivity index (χ3v) is 4.07. The molecular weight excluding hydrogens is 262 g/mol. The van der Waals surface area contributed by atoms with Crippen LogP contribution in [0.15, 0.2) is 30.3 Å². The van der Waals surface area contributed by atoms with Gasteiger partial charge in [0, 0.05) is 12.8 Å². The van der Waals surface area contributed by atoms with Gasteiger partial charge in [0.2, 0.25) is 5.91 Å². The van der Waals surface area contributed by atoms with Crippen molar-refractivity contribution in [3.63, 3.8) is 0 Å². The molecule has 0 atom stereocenters. The Morgan fingerprint density at radius 2 is 1.79 bits per heavy atom. The second-order valence-electron chi connectivity index (χ2n) is 5.23. The van der Waals surface area contributed by atoms with Crippen molar-refractivity contribution in [1.82, 2.24) is 5.32 Å². The number of hydrogen-bond donors (Lipinski definition) is 1. The standard InChI is InChI=1S/C14H21NO3S/c1-14(2,12-8-5-4-6-9-12)13(16)15-10-7-11-19(3,17)18/h4-6,8-9H,7,10-11H2,1-3H3,(H,15,16). The van der Waals surface area contributed by atoms with E-state index in [1.54, 1.807) is 0 Å². The van der Waals surface area contributed by atoms with Crippen LogP contribution in [-0.2, 0) is 20.0 Å². The zero-order valence-corrected chi connectivity index (χ0v) is 12.5. The van der Waals surface area contributed by atoms with E-state index in [1.165, 1.54) is 6.26 Å². The Balaban J connectivity index is 2.54. The summed E-state index contributed by atoms with van der Waals surface area (Å²) < 4.78 is 22.0. The van der Waals surface area contributed by atoms with Gasteiger partial charge in [0.15, 0.2) is 0 Å². The maximum absolute atomic E-state index is 12.1. The maximum Gasteiger partial charge on any atom is 0.230 e. The molecule has 0 radical (unpaired) electrons. The minimum Gasteiger partial charge on any atom is -0.355 e. The smallest absolute Gasteiger partial charge is 0.230 e. The SMILES string of the molecule is CC(C)(C(=O)NCCCS(C)(=O)=O)c1ccccc1. The van der Waals surface area contributed by atoms with Crippen molar-refractivity contribution in [2.45, 2.75) is 25.7 Å². The lowest BCUT2D eigenvalue weighted by molar-refractivity contribution is -0.125. The molecule has 0 spiro atoms. The minimum atomic E-state index is -2.96. The Bertz CT molecular complexity index is 521. The lowest BCUT2D eigenvalue weighted by atomic mass is 9.84. The summed E-state index contributed by atoms with van der Waals surface area (Å²) >= 11 is 0. The zero-order valence-electron chi connectivity index (χ0n) is 11.6. The predicted molar refractivity (Wildman–Crippen MR) is 76.8 cm³/mol. The molecule has 0 aliphatic rings. The Kier molecular flexibility index (Phi) is 5.11. The van der Waals surface area contributed by atoms with Gasteiger partial charge in [0.1, 0.15) is 9.84 Å². The van der Waals surface area contributed by atoms with Crippen LogP contribution in [0.2, 0.25) is 0 Å². The van der Waals surface area contributed by atoms with Gasteiger partial charge in [-0.3, -0.25) is 4.79 Å². The molecule has 1 amide bonds. The molecule has 0 aliphatic carbocycles. The Hall–Kier alpha value is -1.36. The van der Waals surface area contributed by atoms with E-state index in [0.717, 1.165) is 5.56 Å². The van der Waals surface area contributed by atoms with E-state index >= 15 is 0 Å². The first-order valence-corrected chi connectivity index (χ1v) is 8.31. The quantitative estimate of drug-likeness (QED) is 0.805. The average molecular weight is 283 g/mol. The predicted octanol–water partition coefficient (Wildman–Crippen LogP) is 1.52. The molecular formula is C14H21NO3S. The van der Waals surface area contributed by atoms with Crippen LogP contribution in [0.4, 0.5) is 0 Å². The molecule has 0 fully saturated rings. The summed E-state index contributed by atoms with van der Waals surface area (Å²) in [7, 11) is -2.96. The molecule has 1 N–H and O–H groups in total. The molecule has 1 aromatic rings. The van der Waals surface area contributed by atoms with E-state index in [0.29, 0.717) is 13.0 Å². The number of nitrogens with one attached hydrogen (secondary N) is 1. The van der Waals surface area contributed by atoms with Crippen LogP contribution < -0.4 is 5.32 Å². The second-order valence-corrected chi connectivity index (χ2v) is 7.49. The highest BCUT2D eigenvalue weighted by Gasteiger charge is 2.28. The number of carbonyl (C=O) groups excluding carboxylic acids is 1. The Morgan fingerprint density at radius 3 is 2.32 bits per heavy atom. The first-order valence-electron chi connectivity index (χ1n) is 6.25. The minimum absolute atomic E-state index is 0.0906. The summed E-state index contributed by atoms with van der Waals surface area (Å²) in [6.07, 6.45) is 1.64. The Labute approximate surface area is 115 Å². The molecule has 0 aromatic heterocycles. The van der Waals surface area contributed by atoms with E-state index < -0.39 is 15.3 Å². The molecule has 1 aromatic carbocycles. The van der Waals surface area contributed by atoms with Gasteiger partial charge in [-0.25, -0.2) is 8.42 Å². The van der Waals surface area contributed by atoms with Gasteiger partial charge in [-0.2, -0.15) is 0 Å². The monoisotopic (exact) mass is 283 g/mol. The second kappa shape index (κ2) is 6.19. The highest BCUT2D eigenvalue weighted by molar-refractivity contribution is 7.90. The zero-order chi connectivity index (χ0) is 14.5. The largest absolute Gasteiger partial charge is 0.355 e. The summed E-state index contributed by atoms with van der Waals surface area (Å²) in [6, 6.07) is 9.53. The van der Waals surface area contributed by atoms with Crippen LogP contribution in [0.5, 0.6) is 0 Å². The maximum atomic E-state index is 12.1. The molecule has 4 nitrogen and oxygen atoms in total. The normalized spacial score (nSPS) is 12.2. The topological polar surface area (TPSA) is 63.2 Å². The fraction of sp³-hybridized carbons (Fsp3) is 0.500. The van der Waals surface area contributed by atoms with E-state index in [1.807, 2.05) is 44.2 Å². The number of hydrogen-bond acceptors (Lipinski definition) is 3. The number of sulfone groups is 1. The van der Waals surface area contributed by atoms with E-state index in [2.05, 4.69) is 5.32 Å². The van der Waals surface area contributed by atoms with Crippen molar-refractivity contribution >= 4 is 15.7 Å². The first-order chi connectivity index (χ1) is 8.73. The molecule has 19 heavy (non-hydrogen) atoms. The summed E-state index contributed by atoms with van der Waals surface area (Å²) in [6.45, 7) is 4.09. The van der Waals surface area contributed by atoms with E-state index in [9.17, 15) is 13.2 Å². The van der Waals surface area contributed by atoms with Gasteiger partial charge >= 0.3 is 0 Å². The van der Waals surface area contributed by atoms with Crippen molar-refractivity contribution in [1.29, 1.82) is 0 Å². The van der Waals surface area contributed by atoms with Crippen LogP contribution in [0.1, 0.15) is 25.8 Å². The van der Waals surface area contributed by atoms with Crippen LogP contribution in [0.3, 0.4) is 0 Å².